The topological polar surface area (TPSA) is 61.7 Å². The first kappa shape index (κ1) is 12.9. The highest BCUT2D eigenvalue weighted by Crippen LogP contribution is 2.45. The van der Waals surface area contributed by atoms with Crippen LogP contribution in [-0.4, -0.2) is 19.3 Å². The molecule has 0 bridgehead atoms. The van der Waals surface area contributed by atoms with Gasteiger partial charge in [-0.1, -0.05) is 12.8 Å². The number of hydrogen-bond donors (Lipinski definition) is 1. The van der Waals surface area contributed by atoms with Crippen molar-refractivity contribution in [3.63, 3.8) is 0 Å². The Morgan fingerprint density at radius 3 is 2.62 bits per heavy atom. The number of nitrogen functional groups attached to an aromatic ring is 1. The molecule has 112 valence electrons. The Balaban J connectivity index is 1.78. The molecular weight excluding hydrogens is 262 g/mol. The van der Waals surface area contributed by atoms with Crippen LogP contribution in [0, 0.1) is 0 Å². The van der Waals surface area contributed by atoms with Crippen LogP contribution in [0.3, 0.4) is 0 Å². The van der Waals surface area contributed by atoms with Crippen LogP contribution >= 0.6 is 0 Å². The number of rotatable bonds is 4. The Bertz CT molecular complexity index is 644. The Morgan fingerprint density at radius 1 is 1.24 bits per heavy atom. The van der Waals surface area contributed by atoms with Crippen LogP contribution in [0.1, 0.15) is 63.2 Å². The van der Waals surface area contributed by atoms with Gasteiger partial charge in [-0.25, -0.2) is 4.98 Å². The third-order valence-corrected chi connectivity index (χ3v) is 4.84. The summed E-state index contributed by atoms with van der Waals surface area (Å²) in [5.74, 6) is 2.67. The molecule has 0 spiro atoms. The second kappa shape index (κ2) is 4.90. The highest BCUT2D eigenvalue weighted by molar-refractivity contribution is 5.70. The van der Waals surface area contributed by atoms with Gasteiger partial charge in [0.1, 0.15) is 17.3 Å². The van der Waals surface area contributed by atoms with Gasteiger partial charge in [-0.05, 0) is 32.6 Å². The van der Waals surface area contributed by atoms with E-state index in [1.807, 2.05) is 17.1 Å². The van der Waals surface area contributed by atoms with Crippen LogP contribution in [0.15, 0.2) is 12.4 Å². The van der Waals surface area contributed by atoms with E-state index in [1.165, 1.54) is 44.3 Å². The zero-order valence-electron chi connectivity index (χ0n) is 12.6. The molecule has 2 aromatic heterocycles. The molecule has 2 fully saturated rings. The Hall–Kier alpha value is -1.78. The molecule has 0 aliphatic heterocycles. The van der Waals surface area contributed by atoms with Crippen molar-refractivity contribution in [1.29, 1.82) is 0 Å². The minimum Gasteiger partial charge on any atom is -0.383 e. The second-order valence-corrected chi connectivity index (χ2v) is 6.37. The van der Waals surface area contributed by atoms with Gasteiger partial charge in [0.2, 0.25) is 0 Å². The molecule has 5 nitrogen and oxygen atoms in total. The zero-order chi connectivity index (χ0) is 14.4. The summed E-state index contributed by atoms with van der Waals surface area (Å²) in [5.41, 5.74) is 8.44. The molecule has 0 amide bonds. The lowest BCUT2D eigenvalue weighted by Crippen LogP contribution is -2.08. The standard InChI is InChI=1S/C16H23N5/c1-2-20-10-12(9-18-20)14-15(17)21(13-7-8-13)16(19-14)11-5-3-4-6-11/h9-11,13H,2-8,17H2,1H3. The van der Waals surface area contributed by atoms with Gasteiger partial charge in [0.05, 0.1) is 6.20 Å². The first-order chi connectivity index (χ1) is 10.3. The number of imidazole rings is 1. The van der Waals surface area contributed by atoms with Crippen LogP contribution in [0.5, 0.6) is 0 Å². The minimum absolute atomic E-state index is 0.586. The van der Waals surface area contributed by atoms with Gasteiger partial charge < -0.3 is 10.3 Å². The van der Waals surface area contributed by atoms with Crippen molar-refractivity contribution < 1.29 is 0 Å². The Morgan fingerprint density at radius 2 is 2.00 bits per heavy atom. The summed E-state index contributed by atoms with van der Waals surface area (Å²) in [6.45, 7) is 2.96. The summed E-state index contributed by atoms with van der Waals surface area (Å²) in [4.78, 5) is 4.96. The molecule has 2 N–H and O–H groups in total. The average molecular weight is 285 g/mol. The molecular formula is C16H23N5. The van der Waals surface area contributed by atoms with E-state index in [2.05, 4.69) is 16.6 Å². The largest absolute Gasteiger partial charge is 0.383 e. The number of nitrogens with two attached hydrogens (primary N) is 1. The molecule has 4 rings (SSSR count). The van der Waals surface area contributed by atoms with E-state index in [4.69, 9.17) is 10.7 Å². The molecule has 2 heterocycles. The van der Waals surface area contributed by atoms with E-state index < -0.39 is 0 Å². The fourth-order valence-corrected chi connectivity index (χ4v) is 3.52. The van der Waals surface area contributed by atoms with Gasteiger partial charge in [0.25, 0.3) is 0 Å². The van der Waals surface area contributed by atoms with E-state index in [0.717, 1.165) is 23.6 Å². The van der Waals surface area contributed by atoms with Crippen LogP contribution < -0.4 is 5.73 Å². The average Bonchev–Trinajstić information content (AvgIpc) is 2.96. The Kier molecular flexibility index (Phi) is 3.01. The molecule has 21 heavy (non-hydrogen) atoms. The predicted molar refractivity (Wildman–Crippen MR) is 83.0 cm³/mol. The number of anilines is 1. The Labute approximate surface area is 125 Å². The van der Waals surface area contributed by atoms with Crippen LogP contribution in [0.2, 0.25) is 0 Å². The number of aromatic nitrogens is 4. The van der Waals surface area contributed by atoms with Gasteiger partial charge in [-0.15, -0.1) is 0 Å². The summed E-state index contributed by atoms with van der Waals surface area (Å²) in [6, 6.07) is 0.586. The van der Waals surface area contributed by atoms with Crippen molar-refractivity contribution in [2.24, 2.45) is 0 Å². The normalized spacial score (nSPS) is 19.5. The van der Waals surface area contributed by atoms with Crippen molar-refractivity contribution in [2.45, 2.75) is 64.0 Å². The van der Waals surface area contributed by atoms with E-state index >= 15 is 0 Å². The summed E-state index contributed by atoms with van der Waals surface area (Å²) in [7, 11) is 0. The van der Waals surface area contributed by atoms with Gasteiger partial charge in [0, 0.05) is 30.3 Å². The maximum atomic E-state index is 6.46. The molecule has 2 aliphatic carbocycles. The molecule has 0 unspecified atom stereocenters. The smallest absolute Gasteiger partial charge is 0.132 e. The molecule has 0 atom stereocenters. The predicted octanol–water partition coefficient (Wildman–Crippen LogP) is 3.34. The van der Waals surface area contributed by atoms with E-state index in [9.17, 15) is 0 Å². The zero-order valence-corrected chi connectivity index (χ0v) is 12.6. The molecule has 5 heteroatoms. The van der Waals surface area contributed by atoms with Crippen molar-refractivity contribution in [3.05, 3.63) is 18.2 Å². The number of nitrogens with zero attached hydrogens (tertiary/aromatic N) is 4. The van der Waals surface area contributed by atoms with Crippen LogP contribution in [0.25, 0.3) is 11.3 Å². The maximum absolute atomic E-state index is 6.46. The molecule has 2 aliphatic rings. The summed E-state index contributed by atoms with van der Waals surface area (Å²) in [5, 5.41) is 4.36. The lowest BCUT2D eigenvalue weighted by molar-refractivity contribution is 0.596. The SMILES string of the molecule is CCn1cc(-c2nc(C3CCCC3)n(C3CC3)c2N)cn1. The third-order valence-electron chi connectivity index (χ3n) is 4.84. The highest BCUT2D eigenvalue weighted by Gasteiger charge is 2.33. The van der Waals surface area contributed by atoms with E-state index in [0.29, 0.717) is 12.0 Å². The summed E-state index contributed by atoms with van der Waals surface area (Å²) >= 11 is 0. The van der Waals surface area contributed by atoms with E-state index in [1.54, 1.807) is 0 Å². The van der Waals surface area contributed by atoms with Gasteiger partial charge in [0.15, 0.2) is 0 Å². The van der Waals surface area contributed by atoms with Crippen LogP contribution in [0.4, 0.5) is 5.82 Å². The fraction of sp³-hybridized carbons (Fsp3) is 0.625. The first-order valence-corrected chi connectivity index (χ1v) is 8.18. The van der Waals surface area contributed by atoms with Crippen molar-refractivity contribution in [2.75, 3.05) is 5.73 Å². The van der Waals surface area contributed by atoms with Crippen molar-refractivity contribution >= 4 is 5.82 Å². The third kappa shape index (κ3) is 2.15. The summed E-state index contributed by atoms with van der Waals surface area (Å²) in [6.07, 6.45) is 11.6. The molecule has 2 saturated carbocycles. The van der Waals surface area contributed by atoms with Crippen LogP contribution in [-0.2, 0) is 6.54 Å². The molecule has 2 aromatic rings. The quantitative estimate of drug-likeness (QED) is 0.937. The molecule has 0 aromatic carbocycles. The van der Waals surface area contributed by atoms with Crippen molar-refractivity contribution in [3.8, 4) is 11.3 Å². The molecule has 0 saturated heterocycles. The first-order valence-electron chi connectivity index (χ1n) is 8.18. The van der Waals surface area contributed by atoms with Gasteiger partial charge in [-0.3, -0.25) is 4.68 Å². The van der Waals surface area contributed by atoms with E-state index in [-0.39, 0.29) is 0 Å². The van der Waals surface area contributed by atoms with Gasteiger partial charge >= 0.3 is 0 Å². The summed E-state index contributed by atoms with van der Waals surface area (Å²) < 4.78 is 4.26. The van der Waals surface area contributed by atoms with Crippen molar-refractivity contribution in [1.82, 2.24) is 19.3 Å². The minimum atomic E-state index is 0.586. The number of hydrogen-bond acceptors (Lipinski definition) is 3. The highest BCUT2D eigenvalue weighted by atomic mass is 15.3. The van der Waals surface area contributed by atoms with Gasteiger partial charge in [-0.2, -0.15) is 5.10 Å². The monoisotopic (exact) mass is 285 g/mol. The molecule has 0 radical (unpaired) electrons. The number of aryl methyl sites for hydroxylation is 1. The maximum Gasteiger partial charge on any atom is 0.132 e. The second-order valence-electron chi connectivity index (χ2n) is 6.37. The fourth-order valence-electron chi connectivity index (χ4n) is 3.52. The lowest BCUT2D eigenvalue weighted by Gasteiger charge is -2.12. The lowest BCUT2D eigenvalue weighted by atomic mass is 10.1.